The topological polar surface area (TPSA) is 60.9 Å². The van der Waals surface area contributed by atoms with Crippen molar-refractivity contribution in [2.75, 3.05) is 23.9 Å². The minimum atomic E-state index is -0.628. The maximum absolute atomic E-state index is 12.9. The molecule has 1 aliphatic heterocycles. The second-order valence-corrected chi connectivity index (χ2v) is 6.88. The van der Waals surface area contributed by atoms with Crippen molar-refractivity contribution in [1.82, 2.24) is 0 Å². The number of aliphatic hydroxyl groups excluding tert-OH is 1. The Morgan fingerprint density at radius 1 is 1.11 bits per heavy atom. The summed E-state index contributed by atoms with van der Waals surface area (Å²) in [6.45, 7) is 3.67. The minimum Gasteiger partial charge on any atom is -0.503 e. The number of anilines is 2. The van der Waals surface area contributed by atoms with Gasteiger partial charge in [-0.2, -0.15) is 0 Å². The van der Waals surface area contributed by atoms with Crippen LogP contribution in [0.3, 0.4) is 0 Å². The fraction of sp³-hybridized carbons (Fsp3) is 0.273. The lowest BCUT2D eigenvalue weighted by molar-refractivity contribution is -0.118. The number of ketones is 1. The van der Waals surface area contributed by atoms with E-state index < -0.39 is 17.7 Å². The second kappa shape index (κ2) is 7.27. The van der Waals surface area contributed by atoms with Gasteiger partial charge in [-0.15, -0.1) is 0 Å². The SMILES string of the molecule is CCC(=O)C1=C(O)C(=O)N(c2ccc(N(C)C)cc2)C1c1ccccc1C. The Morgan fingerprint density at radius 2 is 1.74 bits per heavy atom. The van der Waals surface area contributed by atoms with Gasteiger partial charge in [0.05, 0.1) is 11.6 Å². The molecule has 0 bridgehead atoms. The molecule has 0 saturated carbocycles. The van der Waals surface area contributed by atoms with Crippen LogP contribution in [0.4, 0.5) is 11.4 Å². The Hall–Kier alpha value is -3.08. The Bertz CT molecular complexity index is 913. The molecule has 0 radical (unpaired) electrons. The molecule has 0 spiro atoms. The Labute approximate surface area is 159 Å². The highest BCUT2D eigenvalue weighted by Crippen LogP contribution is 2.42. The molecular formula is C22H24N2O3. The number of aryl methyl sites for hydroxylation is 1. The van der Waals surface area contributed by atoms with E-state index in [4.69, 9.17) is 0 Å². The fourth-order valence-electron chi connectivity index (χ4n) is 3.45. The number of aliphatic hydroxyl groups is 1. The first kappa shape index (κ1) is 18.7. The summed E-state index contributed by atoms with van der Waals surface area (Å²) in [5, 5.41) is 10.5. The average Bonchev–Trinajstić information content (AvgIpc) is 2.92. The van der Waals surface area contributed by atoms with E-state index in [2.05, 4.69) is 0 Å². The predicted molar refractivity (Wildman–Crippen MR) is 107 cm³/mol. The van der Waals surface area contributed by atoms with Crippen LogP contribution in [0.15, 0.2) is 59.9 Å². The van der Waals surface area contributed by atoms with Crippen LogP contribution in [0.25, 0.3) is 0 Å². The molecule has 140 valence electrons. The largest absolute Gasteiger partial charge is 0.503 e. The van der Waals surface area contributed by atoms with E-state index in [0.29, 0.717) is 5.69 Å². The standard InChI is InChI=1S/C22H24N2O3/c1-5-18(25)19-20(17-9-7-6-8-14(17)2)24(22(27)21(19)26)16-12-10-15(11-13-16)23(3)4/h6-13,20,26H,5H2,1-4H3. The van der Waals surface area contributed by atoms with Gasteiger partial charge in [0.25, 0.3) is 5.91 Å². The van der Waals surface area contributed by atoms with Gasteiger partial charge in [-0.3, -0.25) is 14.5 Å². The summed E-state index contributed by atoms with van der Waals surface area (Å²) in [6.07, 6.45) is 0.225. The summed E-state index contributed by atoms with van der Waals surface area (Å²) in [5.74, 6) is -1.22. The molecule has 27 heavy (non-hydrogen) atoms. The van der Waals surface area contributed by atoms with E-state index in [1.165, 1.54) is 4.90 Å². The molecule has 1 heterocycles. The molecule has 5 nitrogen and oxygen atoms in total. The predicted octanol–water partition coefficient (Wildman–Crippen LogP) is 3.94. The van der Waals surface area contributed by atoms with Crippen molar-refractivity contribution in [1.29, 1.82) is 0 Å². The number of carbonyl (C=O) groups excluding carboxylic acids is 2. The molecule has 1 aliphatic rings. The van der Waals surface area contributed by atoms with E-state index in [9.17, 15) is 14.7 Å². The van der Waals surface area contributed by atoms with Crippen LogP contribution in [0.5, 0.6) is 0 Å². The third-order valence-corrected chi connectivity index (χ3v) is 4.96. The lowest BCUT2D eigenvalue weighted by Crippen LogP contribution is -2.31. The van der Waals surface area contributed by atoms with Crippen molar-refractivity contribution in [3.63, 3.8) is 0 Å². The van der Waals surface area contributed by atoms with E-state index in [1.54, 1.807) is 6.92 Å². The lowest BCUT2D eigenvalue weighted by atomic mass is 9.92. The first-order chi connectivity index (χ1) is 12.9. The van der Waals surface area contributed by atoms with Crippen LogP contribution in [0, 0.1) is 6.92 Å². The maximum atomic E-state index is 12.9. The van der Waals surface area contributed by atoms with Gasteiger partial charge >= 0.3 is 0 Å². The van der Waals surface area contributed by atoms with Crippen molar-refractivity contribution < 1.29 is 14.7 Å². The average molecular weight is 364 g/mol. The highest BCUT2D eigenvalue weighted by Gasteiger charge is 2.44. The second-order valence-electron chi connectivity index (χ2n) is 6.88. The highest BCUT2D eigenvalue weighted by molar-refractivity contribution is 6.16. The van der Waals surface area contributed by atoms with E-state index in [-0.39, 0.29) is 17.8 Å². The van der Waals surface area contributed by atoms with Crippen molar-refractivity contribution in [2.24, 2.45) is 0 Å². The Morgan fingerprint density at radius 3 is 2.30 bits per heavy atom. The van der Waals surface area contributed by atoms with Gasteiger partial charge in [0.2, 0.25) is 0 Å². The molecule has 1 unspecified atom stereocenters. The number of hydrogen-bond acceptors (Lipinski definition) is 4. The summed E-state index contributed by atoms with van der Waals surface area (Å²) < 4.78 is 0. The van der Waals surface area contributed by atoms with Gasteiger partial charge in [0.15, 0.2) is 11.5 Å². The van der Waals surface area contributed by atoms with Gasteiger partial charge in [0.1, 0.15) is 0 Å². The molecule has 3 rings (SSSR count). The first-order valence-electron chi connectivity index (χ1n) is 8.99. The van der Waals surface area contributed by atoms with E-state index in [1.807, 2.05) is 74.4 Å². The third-order valence-electron chi connectivity index (χ3n) is 4.96. The lowest BCUT2D eigenvalue weighted by Gasteiger charge is -2.28. The van der Waals surface area contributed by atoms with Crippen LogP contribution in [-0.2, 0) is 9.59 Å². The van der Waals surface area contributed by atoms with Gasteiger partial charge in [-0.1, -0.05) is 31.2 Å². The van der Waals surface area contributed by atoms with Gasteiger partial charge in [0, 0.05) is 31.9 Å². The van der Waals surface area contributed by atoms with Crippen molar-refractivity contribution >= 4 is 23.1 Å². The van der Waals surface area contributed by atoms with Gasteiger partial charge in [-0.05, 0) is 42.3 Å². The van der Waals surface area contributed by atoms with Gasteiger partial charge < -0.3 is 10.0 Å². The summed E-state index contributed by atoms with van der Waals surface area (Å²) in [6, 6.07) is 14.5. The molecule has 1 N–H and O–H groups in total. The number of Topliss-reactive ketones (excluding diaryl/α,β-unsaturated/α-hetero) is 1. The van der Waals surface area contributed by atoms with Crippen molar-refractivity contribution in [3.05, 3.63) is 71.0 Å². The maximum Gasteiger partial charge on any atom is 0.294 e. The summed E-state index contributed by atoms with van der Waals surface area (Å²) in [7, 11) is 3.88. The quantitative estimate of drug-likeness (QED) is 0.873. The Balaban J connectivity index is 2.16. The van der Waals surface area contributed by atoms with E-state index in [0.717, 1.165) is 16.8 Å². The zero-order valence-corrected chi connectivity index (χ0v) is 16.1. The molecule has 1 amide bonds. The smallest absolute Gasteiger partial charge is 0.294 e. The summed E-state index contributed by atoms with van der Waals surface area (Å²) >= 11 is 0. The Kier molecular flexibility index (Phi) is 5.04. The first-order valence-corrected chi connectivity index (χ1v) is 8.99. The van der Waals surface area contributed by atoms with E-state index >= 15 is 0 Å². The molecule has 2 aromatic carbocycles. The molecule has 0 saturated heterocycles. The van der Waals surface area contributed by atoms with Gasteiger partial charge in [-0.25, -0.2) is 0 Å². The molecule has 0 fully saturated rings. The summed E-state index contributed by atoms with van der Waals surface area (Å²) in [5.41, 5.74) is 3.61. The number of carbonyl (C=O) groups is 2. The molecule has 0 aliphatic carbocycles. The van der Waals surface area contributed by atoms with Crippen LogP contribution >= 0.6 is 0 Å². The number of rotatable bonds is 5. The zero-order chi connectivity index (χ0) is 19.7. The molecule has 2 aromatic rings. The normalized spacial score (nSPS) is 16.8. The number of nitrogens with zero attached hydrogens (tertiary/aromatic N) is 2. The fourth-order valence-corrected chi connectivity index (χ4v) is 3.45. The van der Waals surface area contributed by atoms with Crippen LogP contribution < -0.4 is 9.80 Å². The number of hydrogen-bond donors (Lipinski definition) is 1. The molecule has 1 atom stereocenters. The van der Waals surface area contributed by atoms with Crippen molar-refractivity contribution in [3.8, 4) is 0 Å². The number of benzene rings is 2. The zero-order valence-electron chi connectivity index (χ0n) is 16.1. The van der Waals surface area contributed by atoms with Crippen LogP contribution in [0.1, 0.15) is 30.5 Å². The molecular weight excluding hydrogens is 340 g/mol. The highest BCUT2D eigenvalue weighted by atomic mass is 16.3. The van der Waals surface area contributed by atoms with Crippen LogP contribution in [0.2, 0.25) is 0 Å². The monoisotopic (exact) mass is 364 g/mol. The van der Waals surface area contributed by atoms with Crippen molar-refractivity contribution in [2.45, 2.75) is 26.3 Å². The number of amides is 1. The molecule has 5 heteroatoms. The third kappa shape index (κ3) is 3.21. The minimum absolute atomic E-state index is 0.175. The summed E-state index contributed by atoms with van der Waals surface area (Å²) in [4.78, 5) is 29.0. The van der Waals surface area contributed by atoms with Crippen LogP contribution in [-0.4, -0.2) is 30.9 Å². The molecule has 0 aromatic heterocycles.